The Bertz CT molecular complexity index is 645. The van der Waals surface area contributed by atoms with Gasteiger partial charge in [-0.05, 0) is 23.6 Å². The fourth-order valence-electron chi connectivity index (χ4n) is 1.91. The van der Waals surface area contributed by atoms with Gasteiger partial charge in [-0.3, -0.25) is 0 Å². The van der Waals surface area contributed by atoms with Gasteiger partial charge in [0.15, 0.2) is 0 Å². The van der Waals surface area contributed by atoms with E-state index in [-0.39, 0.29) is 21.9 Å². The molecule has 2 aromatic heterocycles. The van der Waals surface area contributed by atoms with Gasteiger partial charge in [-0.2, -0.15) is 0 Å². The van der Waals surface area contributed by atoms with E-state index in [1.54, 1.807) is 17.7 Å². The van der Waals surface area contributed by atoms with Gasteiger partial charge in [0.05, 0.1) is 11.8 Å². The minimum Gasteiger partial charge on any atom is -0.490 e. The summed E-state index contributed by atoms with van der Waals surface area (Å²) in [6.07, 6.45) is 1.69. The van der Waals surface area contributed by atoms with E-state index >= 15 is 0 Å². The molecule has 9 heteroatoms. The molecule has 0 saturated carbocycles. The van der Waals surface area contributed by atoms with Crippen molar-refractivity contribution in [1.29, 1.82) is 0 Å². The highest BCUT2D eigenvalue weighted by Gasteiger charge is 2.03. The van der Waals surface area contributed by atoms with E-state index in [4.69, 9.17) is 4.74 Å². The maximum atomic E-state index is 5.76. The maximum Gasteiger partial charge on any atom is 0.147 e. The molecule has 0 radical (unpaired) electrons. The van der Waals surface area contributed by atoms with Crippen LogP contribution in [0.2, 0.25) is 0 Å². The predicted octanol–water partition coefficient (Wildman–Crippen LogP) is -0.506. The lowest BCUT2D eigenvalue weighted by atomic mass is 10.3. The number of H-pyrrole nitrogens is 1. The SMILES string of the molecule is O.O.O.O.c1csc(CNCCOc2cccc3[nH]cnc23)c1. The van der Waals surface area contributed by atoms with Crippen LogP contribution in [-0.4, -0.2) is 45.0 Å². The third-order valence-corrected chi connectivity index (χ3v) is 3.70. The molecule has 2 heterocycles. The molecule has 3 rings (SSSR count). The predicted molar refractivity (Wildman–Crippen MR) is 92.1 cm³/mol. The first-order valence-electron chi connectivity index (χ1n) is 6.21. The first-order valence-corrected chi connectivity index (χ1v) is 7.09. The largest absolute Gasteiger partial charge is 0.490 e. The molecule has 130 valence electrons. The standard InChI is InChI=1S/C14H15N3OS.4H2O/c1-4-12-14(17-10-16-12)13(5-1)18-7-6-15-9-11-3-2-8-19-11;;;;/h1-5,8,10,15H,6-7,9H2,(H,16,17);4*1H2. The highest BCUT2D eigenvalue weighted by molar-refractivity contribution is 7.09. The summed E-state index contributed by atoms with van der Waals surface area (Å²) in [7, 11) is 0. The fraction of sp³-hybridized carbons (Fsp3) is 0.214. The van der Waals surface area contributed by atoms with Crippen LogP contribution in [0.15, 0.2) is 42.0 Å². The number of aromatic nitrogens is 2. The summed E-state index contributed by atoms with van der Waals surface area (Å²) in [6.45, 7) is 2.35. The lowest BCUT2D eigenvalue weighted by Crippen LogP contribution is -2.20. The van der Waals surface area contributed by atoms with E-state index in [9.17, 15) is 0 Å². The number of imidazole rings is 1. The van der Waals surface area contributed by atoms with Crippen molar-refractivity contribution < 1.29 is 26.6 Å². The van der Waals surface area contributed by atoms with Gasteiger partial charge in [0.1, 0.15) is 17.9 Å². The first-order chi connectivity index (χ1) is 9.43. The maximum absolute atomic E-state index is 5.76. The van der Waals surface area contributed by atoms with Crippen molar-refractivity contribution in [3.8, 4) is 5.75 Å². The van der Waals surface area contributed by atoms with Crippen LogP contribution in [-0.2, 0) is 6.54 Å². The number of ether oxygens (including phenoxy) is 1. The number of nitrogens with one attached hydrogen (secondary N) is 2. The van der Waals surface area contributed by atoms with E-state index < -0.39 is 0 Å². The second kappa shape index (κ2) is 11.5. The summed E-state index contributed by atoms with van der Waals surface area (Å²) >= 11 is 1.76. The normalized spacial score (nSPS) is 9.04. The van der Waals surface area contributed by atoms with Gasteiger partial charge < -0.3 is 36.9 Å². The third kappa shape index (κ3) is 5.94. The smallest absolute Gasteiger partial charge is 0.147 e. The fourth-order valence-corrected chi connectivity index (χ4v) is 2.59. The number of aromatic amines is 1. The second-order valence-corrected chi connectivity index (χ2v) is 5.19. The highest BCUT2D eigenvalue weighted by atomic mass is 32.1. The molecule has 0 saturated heterocycles. The lowest BCUT2D eigenvalue weighted by Gasteiger charge is -2.07. The first kappa shape index (κ1) is 23.3. The van der Waals surface area contributed by atoms with E-state index in [1.165, 1.54) is 4.88 Å². The van der Waals surface area contributed by atoms with Crippen LogP contribution in [0.3, 0.4) is 0 Å². The quantitative estimate of drug-likeness (QED) is 0.573. The summed E-state index contributed by atoms with van der Waals surface area (Å²) in [5.41, 5.74) is 1.89. The Labute approximate surface area is 137 Å². The number of benzene rings is 1. The lowest BCUT2D eigenvalue weighted by molar-refractivity contribution is 0.317. The zero-order valence-corrected chi connectivity index (χ0v) is 13.2. The molecule has 23 heavy (non-hydrogen) atoms. The second-order valence-electron chi connectivity index (χ2n) is 4.16. The molecule has 0 spiro atoms. The van der Waals surface area contributed by atoms with Crippen molar-refractivity contribution >= 4 is 22.4 Å². The number of fused-ring (bicyclic) bond motifs is 1. The molecule has 0 aliphatic heterocycles. The van der Waals surface area contributed by atoms with Gasteiger partial charge >= 0.3 is 0 Å². The number of rotatable bonds is 6. The Morgan fingerprint density at radius 2 is 1.91 bits per heavy atom. The Kier molecular flexibility index (Phi) is 11.7. The Balaban J connectivity index is 0. The Morgan fingerprint density at radius 1 is 1.09 bits per heavy atom. The molecule has 0 aliphatic carbocycles. The summed E-state index contributed by atoms with van der Waals surface area (Å²) in [5, 5.41) is 5.45. The van der Waals surface area contributed by atoms with E-state index in [0.29, 0.717) is 6.61 Å². The number of hydrogen-bond acceptors (Lipinski definition) is 4. The molecule has 3 aromatic rings. The minimum absolute atomic E-state index is 0. The van der Waals surface area contributed by atoms with Gasteiger partial charge in [0.2, 0.25) is 0 Å². The molecule has 8 nitrogen and oxygen atoms in total. The molecule has 0 bridgehead atoms. The van der Waals surface area contributed by atoms with E-state index in [1.807, 2.05) is 18.2 Å². The van der Waals surface area contributed by atoms with Crippen LogP contribution in [0, 0.1) is 0 Å². The van der Waals surface area contributed by atoms with Gasteiger partial charge in [-0.25, -0.2) is 4.98 Å². The number of nitrogens with zero attached hydrogens (tertiary/aromatic N) is 1. The van der Waals surface area contributed by atoms with Crippen LogP contribution in [0.5, 0.6) is 5.75 Å². The van der Waals surface area contributed by atoms with Crippen molar-refractivity contribution in [2.45, 2.75) is 6.54 Å². The summed E-state index contributed by atoms with van der Waals surface area (Å²) < 4.78 is 5.76. The topological polar surface area (TPSA) is 176 Å². The zero-order chi connectivity index (χ0) is 12.9. The number of hydrogen-bond donors (Lipinski definition) is 2. The van der Waals surface area contributed by atoms with Gasteiger partial charge in [-0.1, -0.05) is 12.1 Å². The minimum atomic E-state index is 0. The van der Waals surface area contributed by atoms with E-state index in [2.05, 4.69) is 32.8 Å². The number of thiophene rings is 1. The molecule has 0 unspecified atom stereocenters. The average Bonchev–Trinajstić information content (AvgIpc) is 3.09. The monoisotopic (exact) mass is 345 g/mol. The Morgan fingerprint density at radius 3 is 2.65 bits per heavy atom. The molecule has 0 atom stereocenters. The van der Waals surface area contributed by atoms with Crippen LogP contribution < -0.4 is 10.1 Å². The molecular weight excluding hydrogens is 322 g/mol. The van der Waals surface area contributed by atoms with Crippen molar-refractivity contribution in [2.75, 3.05) is 13.2 Å². The molecule has 10 N–H and O–H groups in total. The Hall–Kier alpha value is -2.01. The molecule has 1 aromatic carbocycles. The van der Waals surface area contributed by atoms with Crippen molar-refractivity contribution in [3.05, 3.63) is 46.9 Å². The number of para-hydroxylation sites is 1. The molecule has 0 aliphatic rings. The van der Waals surface area contributed by atoms with Gasteiger partial charge in [0.25, 0.3) is 0 Å². The van der Waals surface area contributed by atoms with Crippen LogP contribution in [0.1, 0.15) is 4.88 Å². The van der Waals surface area contributed by atoms with Crippen molar-refractivity contribution in [2.24, 2.45) is 0 Å². The summed E-state index contributed by atoms with van der Waals surface area (Å²) in [4.78, 5) is 8.68. The van der Waals surface area contributed by atoms with E-state index in [0.717, 1.165) is 29.9 Å². The van der Waals surface area contributed by atoms with Gasteiger partial charge in [-0.15, -0.1) is 11.3 Å². The summed E-state index contributed by atoms with van der Waals surface area (Å²) in [6, 6.07) is 10.1. The highest BCUT2D eigenvalue weighted by Crippen LogP contribution is 2.21. The van der Waals surface area contributed by atoms with Crippen molar-refractivity contribution in [3.63, 3.8) is 0 Å². The van der Waals surface area contributed by atoms with Crippen molar-refractivity contribution in [1.82, 2.24) is 15.3 Å². The molecular formula is C14H23N3O5S. The molecule has 0 fully saturated rings. The zero-order valence-electron chi connectivity index (χ0n) is 12.4. The van der Waals surface area contributed by atoms with Crippen LogP contribution in [0.25, 0.3) is 11.0 Å². The van der Waals surface area contributed by atoms with Gasteiger partial charge in [0, 0.05) is 18.0 Å². The summed E-state index contributed by atoms with van der Waals surface area (Å²) in [5.74, 6) is 0.830. The average molecular weight is 345 g/mol. The van der Waals surface area contributed by atoms with Crippen LogP contribution in [0.4, 0.5) is 0 Å². The van der Waals surface area contributed by atoms with Crippen LogP contribution >= 0.6 is 11.3 Å². The molecule has 0 amide bonds. The third-order valence-electron chi connectivity index (χ3n) is 2.83.